The van der Waals surface area contributed by atoms with E-state index in [1.807, 2.05) is 69.5 Å². The highest BCUT2D eigenvalue weighted by Crippen LogP contribution is 2.37. The van der Waals surface area contributed by atoms with Gasteiger partial charge < -0.3 is 4.74 Å². The number of carbonyl (C=O) groups is 1. The first kappa shape index (κ1) is 22.0. The lowest BCUT2D eigenvalue weighted by molar-refractivity contribution is 0.0969. The number of aromatic nitrogens is 2. The zero-order valence-electron chi connectivity index (χ0n) is 19.0. The fourth-order valence-corrected chi connectivity index (χ4v) is 4.83. The summed E-state index contributed by atoms with van der Waals surface area (Å²) in [5, 5.41) is 2.48. The summed E-state index contributed by atoms with van der Waals surface area (Å²) in [5.41, 5.74) is 5.32. The Morgan fingerprint density at radius 2 is 1.84 bits per heavy atom. The molecule has 32 heavy (non-hydrogen) atoms. The Balaban J connectivity index is 1.87. The predicted octanol–water partition coefficient (Wildman–Crippen LogP) is 5.50. The molecule has 5 nitrogen and oxygen atoms in total. The number of aryl methyl sites for hydroxylation is 4. The molecule has 0 aliphatic heterocycles. The highest BCUT2D eigenvalue weighted by atomic mass is 32.1. The Bertz CT molecular complexity index is 1400. The second-order valence-corrected chi connectivity index (χ2v) is 8.89. The quantitative estimate of drug-likeness (QED) is 0.367. The molecule has 0 fully saturated rings. The van der Waals surface area contributed by atoms with Gasteiger partial charge in [-0.1, -0.05) is 30.7 Å². The summed E-state index contributed by atoms with van der Waals surface area (Å²) in [4.78, 5) is 32.2. The summed E-state index contributed by atoms with van der Waals surface area (Å²) >= 11 is 1.44. The molecule has 0 saturated carbocycles. The average molecular weight is 447 g/mol. The molecule has 0 spiro atoms. The van der Waals surface area contributed by atoms with Crippen LogP contribution in [0.4, 0.5) is 0 Å². The lowest BCUT2D eigenvalue weighted by Crippen LogP contribution is -2.28. The van der Waals surface area contributed by atoms with Crippen molar-refractivity contribution in [3.05, 3.63) is 80.2 Å². The van der Waals surface area contributed by atoms with Crippen LogP contribution in [0.25, 0.3) is 21.3 Å². The van der Waals surface area contributed by atoms with E-state index >= 15 is 0 Å². The first-order valence-corrected chi connectivity index (χ1v) is 11.5. The molecular weight excluding hydrogens is 420 g/mol. The van der Waals surface area contributed by atoms with E-state index in [2.05, 4.69) is 0 Å². The largest absolute Gasteiger partial charge is 0.496 e. The summed E-state index contributed by atoms with van der Waals surface area (Å²) in [6.45, 7) is 7.91. The molecule has 164 valence electrons. The number of ether oxygens (including phenoxy) is 1. The van der Waals surface area contributed by atoms with Gasteiger partial charge >= 0.3 is 0 Å². The lowest BCUT2D eigenvalue weighted by Gasteiger charge is -2.13. The summed E-state index contributed by atoms with van der Waals surface area (Å²) in [5.74, 6) is 1.22. The molecule has 4 aromatic rings. The van der Waals surface area contributed by atoms with Crippen LogP contribution in [0.15, 0.2) is 46.6 Å². The van der Waals surface area contributed by atoms with Gasteiger partial charge in [0, 0.05) is 28.5 Å². The molecule has 0 unspecified atom stereocenters. The second kappa shape index (κ2) is 8.71. The smallest absolute Gasteiger partial charge is 0.263 e. The standard InChI is InChI=1S/C26H26N2O3S/c1-6-23-27-25-24(20(14-32-25)19-11-15(2)7-10-22(19)31-5)26(30)28(23)13-21(29)18-9-8-16(3)17(4)12-18/h7-12,14H,6,13H2,1-5H3. The highest BCUT2D eigenvalue weighted by Gasteiger charge is 2.20. The molecule has 0 atom stereocenters. The molecule has 0 aliphatic rings. The third-order valence-corrected chi connectivity index (χ3v) is 6.74. The molecule has 0 aliphatic carbocycles. The van der Waals surface area contributed by atoms with Gasteiger partial charge in [0.15, 0.2) is 5.78 Å². The lowest BCUT2D eigenvalue weighted by atomic mass is 10.0. The van der Waals surface area contributed by atoms with E-state index < -0.39 is 0 Å². The Labute approximate surface area is 191 Å². The van der Waals surface area contributed by atoms with Crippen molar-refractivity contribution in [2.75, 3.05) is 7.11 Å². The van der Waals surface area contributed by atoms with Gasteiger partial charge in [-0.05, 0) is 50.1 Å². The molecule has 4 rings (SSSR count). The van der Waals surface area contributed by atoms with E-state index in [4.69, 9.17) is 9.72 Å². The maximum absolute atomic E-state index is 13.7. The molecule has 0 N–H and O–H groups in total. The van der Waals surface area contributed by atoms with Crippen LogP contribution < -0.4 is 10.3 Å². The van der Waals surface area contributed by atoms with Crippen molar-refractivity contribution in [2.24, 2.45) is 0 Å². The Morgan fingerprint density at radius 3 is 2.53 bits per heavy atom. The first-order chi connectivity index (χ1) is 15.3. The van der Waals surface area contributed by atoms with Crippen LogP contribution in [0.3, 0.4) is 0 Å². The summed E-state index contributed by atoms with van der Waals surface area (Å²) in [6, 6.07) is 11.5. The minimum atomic E-state index is -0.191. The van der Waals surface area contributed by atoms with Gasteiger partial charge in [-0.15, -0.1) is 11.3 Å². The normalized spacial score (nSPS) is 11.2. The number of ketones is 1. The number of fused-ring (bicyclic) bond motifs is 1. The van der Waals surface area contributed by atoms with Gasteiger partial charge in [-0.2, -0.15) is 0 Å². The number of nitrogens with zero attached hydrogens (tertiary/aromatic N) is 2. The van der Waals surface area contributed by atoms with Crippen molar-refractivity contribution in [3.63, 3.8) is 0 Å². The molecule has 0 saturated heterocycles. The van der Waals surface area contributed by atoms with Gasteiger partial charge in [-0.3, -0.25) is 14.2 Å². The van der Waals surface area contributed by atoms with Crippen molar-refractivity contribution < 1.29 is 9.53 Å². The van der Waals surface area contributed by atoms with Gasteiger partial charge in [0.05, 0.1) is 19.0 Å². The van der Waals surface area contributed by atoms with E-state index in [9.17, 15) is 9.59 Å². The molecule has 0 bridgehead atoms. The van der Waals surface area contributed by atoms with E-state index in [-0.39, 0.29) is 17.9 Å². The van der Waals surface area contributed by atoms with E-state index in [0.717, 1.165) is 27.8 Å². The number of carbonyl (C=O) groups excluding carboxylic acids is 1. The van der Waals surface area contributed by atoms with Crippen LogP contribution in [-0.2, 0) is 13.0 Å². The Morgan fingerprint density at radius 1 is 1.06 bits per heavy atom. The fourth-order valence-electron chi connectivity index (χ4n) is 3.88. The molecule has 0 amide bonds. The molecule has 2 aromatic heterocycles. The van der Waals surface area contributed by atoms with Crippen molar-refractivity contribution in [1.82, 2.24) is 9.55 Å². The summed E-state index contributed by atoms with van der Waals surface area (Å²) in [7, 11) is 1.62. The van der Waals surface area contributed by atoms with Gasteiger partial charge in [0.2, 0.25) is 0 Å². The number of rotatable bonds is 6. The van der Waals surface area contributed by atoms with Crippen LogP contribution in [0.1, 0.15) is 39.8 Å². The van der Waals surface area contributed by atoms with Crippen LogP contribution >= 0.6 is 11.3 Å². The number of hydrogen-bond donors (Lipinski definition) is 0. The van der Waals surface area contributed by atoms with Crippen LogP contribution in [-0.4, -0.2) is 22.4 Å². The SMILES string of the molecule is CCc1nc2scc(-c3cc(C)ccc3OC)c2c(=O)n1CC(=O)c1ccc(C)c(C)c1. The zero-order valence-corrected chi connectivity index (χ0v) is 19.8. The van der Waals surface area contributed by atoms with Crippen LogP contribution in [0.5, 0.6) is 5.75 Å². The molecule has 2 heterocycles. The van der Waals surface area contributed by atoms with E-state index in [0.29, 0.717) is 33.8 Å². The molecule has 6 heteroatoms. The van der Waals surface area contributed by atoms with Gasteiger partial charge in [-0.25, -0.2) is 4.98 Å². The van der Waals surface area contributed by atoms with E-state index in [1.54, 1.807) is 7.11 Å². The maximum atomic E-state index is 13.7. The van der Waals surface area contributed by atoms with Crippen molar-refractivity contribution in [1.29, 1.82) is 0 Å². The topological polar surface area (TPSA) is 61.2 Å². The third kappa shape index (κ3) is 3.86. The highest BCUT2D eigenvalue weighted by molar-refractivity contribution is 7.17. The number of Topliss-reactive ketones (excluding diaryl/α,β-unsaturated/α-hetero) is 1. The minimum Gasteiger partial charge on any atom is -0.496 e. The van der Waals surface area contributed by atoms with Crippen molar-refractivity contribution in [3.8, 4) is 16.9 Å². The Hall–Kier alpha value is -3.25. The van der Waals surface area contributed by atoms with Gasteiger partial charge in [0.1, 0.15) is 16.4 Å². The van der Waals surface area contributed by atoms with Crippen molar-refractivity contribution >= 4 is 27.3 Å². The van der Waals surface area contributed by atoms with E-state index in [1.165, 1.54) is 15.9 Å². The maximum Gasteiger partial charge on any atom is 0.263 e. The molecular formula is C26H26N2O3S. The third-order valence-electron chi connectivity index (χ3n) is 5.86. The monoisotopic (exact) mass is 446 g/mol. The van der Waals surface area contributed by atoms with Crippen LogP contribution in [0.2, 0.25) is 0 Å². The Kier molecular flexibility index (Phi) is 5.98. The van der Waals surface area contributed by atoms with Crippen LogP contribution in [0, 0.1) is 20.8 Å². The predicted molar refractivity (Wildman–Crippen MR) is 130 cm³/mol. The molecule has 0 radical (unpaired) electrons. The number of methoxy groups -OCH3 is 1. The number of benzene rings is 2. The molecule has 2 aromatic carbocycles. The number of hydrogen-bond acceptors (Lipinski definition) is 5. The zero-order chi connectivity index (χ0) is 23.0. The summed E-state index contributed by atoms with van der Waals surface area (Å²) in [6.07, 6.45) is 0.562. The average Bonchev–Trinajstić information content (AvgIpc) is 3.21. The number of thiophene rings is 1. The minimum absolute atomic E-state index is 0.0340. The second-order valence-electron chi connectivity index (χ2n) is 8.03. The van der Waals surface area contributed by atoms with Gasteiger partial charge in [0.25, 0.3) is 5.56 Å². The van der Waals surface area contributed by atoms with Crippen molar-refractivity contribution in [2.45, 2.75) is 40.7 Å². The fraction of sp³-hybridized carbons (Fsp3) is 0.269. The first-order valence-electron chi connectivity index (χ1n) is 10.6. The summed E-state index contributed by atoms with van der Waals surface area (Å²) < 4.78 is 7.08.